The average Bonchev–Trinajstić information content (AvgIpc) is 2.89. The van der Waals surface area contributed by atoms with Crippen LogP contribution in [0.15, 0.2) is 96.7 Å². The Labute approximate surface area is 210 Å². The van der Waals surface area contributed by atoms with Gasteiger partial charge in [0.2, 0.25) is 0 Å². The van der Waals surface area contributed by atoms with Gasteiger partial charge in [0.1, 0.15) is 0 Å². The van der Waals surface area contributed by atoms with Gasteiger partial charge in [-0.15, -0.1) is 0 Å². The molecule has 0 aromatic heterocycles. The van der Waals surface area contributed by atoms with Crippen molar-refractivity contribution in [3.8, 4) is 0 Å². The van der Waals surface area contributed by atoms with Gasteiger partial charge in [-0.25, -0.2) is 14.4 Å². The smallest absolute Gasteiger partial charge is 0.357 e. The van der Waals surface area contributed by atoms with Crippen molar-refractivity contribution in [2.45, 2.75) is 26.2 Å². The predicted octanol–water partition coefficient (Wildman–Crippen LogP) is 5.97. The molecule has 0 spiro atoms. The number of aliphatic carboxylic acids is 1. The number of benzene rings is 3. The molecule has 3 aromatic rings. The molecular weight excluding hydrogens is 458 g/mol. The van der Waals surface area contributed by atoms with Crippen LogP contribution in [0.1, 0.15) is 31.7 Å². The Bertz CT molecular complexity index is 1270. The predicted molar refractivity (Wildman–Crippen MR) is 142 cm³/mol. The quantitative estimate of drug-likeness (QED) is 0.0719. The molecule has 0 unspecified atom stereocenters. The molecule has 0 amide bonds. The first kappa shape index (κ1) is 27.7. The highest BCUT2D eigenvalue weighted by Crippen LogP contribution is 2.27. The van der Waals surface area contributed by atoms with Crippen molar-refractivity contribution in [1.82, 2.24) is 0 Å². The minimum absolute atomic E-state index is 0.125. The van der Waals surface area contributed by atoms with Crippen LogP contribution in [0.4, 0.5) is 0 Å². The molecule has 7 nitrogen and oxygen atoms in total. The lowest BCUT2D eigenvalue weighted by atomic mass is 9.97. The number of nitrogens with zero attached hydrogens (tertiary/aromatic N) is 1. The van der Waals surface area contributed by atoms with Gasteiger partial charge in [-0.3, -0.25) is 0 Å². The van der Waals surface area contributed by atoms with Crippen LogP contribution in [0, 0.1) is 0 Å². The number of carboxylic acids is 1. The fourth-order valence-electron chi connectivity index (χ4n) is 3.16. The molecular formula is C29H29NO6. The maximum atomic E-state index is 11.1. The highest BCUT2D eigenvalue weighted by molar-refractivity contribution is 6.13. The van der Waals surface area contributed by atoms with Gasteiger partial charge >= 0.3 is 17.9 Å². The molecule has 0 aliphatic heterocycles. The van der Waals surface area contributed by atoms with E-state index < -0.39 is 17.9 Å². The van der Waals surface area contributed by atoms with Crippen LogP contribution >= 0.6 is 0 Å². The van der Waals surface area contributed by atoms with Gasteiger partial charge in [-0.2, -0.15) is 0 Å². The molecule has 0 bridgehead atoms. The Morgan fingerprint density at radius 3 is 2.08 bits per heavy atom. The number of hydrogen-bond acceptors (Lipinski definition) is 6. The fourth-order valence-corrected chi connectivity index (χ4v) is 3.16. The van der Waals surface area contributed by atoms with E-state index in [9.17, 15) is 14.4 Å². The summed E-state index contributed by atoms with van der Waals surface area (Å²) < 4.78 is 4.85. The van der Waals surface area contributed by atoms with Gasteiger partial charge < -0.3 is 14.7 Å². The Balaban J connectivity index is 0.000000271. The molecule has 0 aliphatic carbocycles. The summed E-state index contributed by atoms with van der Waals surface area (Å²) in [7, 11) is 0. The molecule has 0 atom stereocenters. The third kappa shape index (κ3) is 8.06. The molecule has 7 heteroatoms. The van der Waals surface area contributed by atoms with Gasteiger partial charge in [0.05, 0.1) is 12.8 Å². The van der Waals surface area contributed by atoms with Gasteiger partial charge in [0, 0.05) is 22.8 Å². The second-order valence-electron chi connectivity index (χ2n) is 7.69. The van der Waals surface area contributed by atoms with E-state index in [1.807, 2.05) is 43.3 Å². The van der Waals surface area contributed by atoms with Gasteiger partial charge in [-0.05, 0) is 46.9 Å². The standard InChI is InChI=1S/C18H13NO2.C11H16O4/c1-2-18(20)21-19-12-17-15-9-5-3-7-13(15)11-14-8-4-6-10-16(14)17;1-4-8(2)11(14)15-7-5-6-9(3)10(12)13/h2-12H,1H2;2-7H2,1H3,(H,12,13). The van der Waals surface area contributed by atoms with Crippen LogP contribution in [0.3, 0.4) is 0 Å². The van der Waals surface area contributed by atoms with Crippen molar-refractivity contribution in [2.75, 3.05) is 6.61 Å². The van der Waals surface area contributed by atoms with Gasteiger partial charge in [-0.1, -0.05) is 80.3 Å². The lowest BCUT2D eigenvalue weighted by Gasteiger charge is -2.07. The Morgan fingerprint density at radius 1 is 0.972 bits per heavy atom. The summed E-state index contributed by atoms with van der Waals surface area (Å²) in [6.07, 6.45) is 4.00. The molecule has 186 valence electrons. The SMILES string of the molecule is C=C(CCCOC(=O)C(=C)CC)C(=O)O.C=CC(=O)ON=Cc1c2ccccc2cc2ccccc12. The van der Waals surface area contributed by atoms with Crippen LogP contribution < -0.4 is 0 Å². The van der Waals surface area contributed by atoms with Crippen LogP contribution in [0.5, 0.6) is 0 Å². The fraction of sp³-hybridized carbons (Fsp3) is 0.172. The lowest BCUT2D eigenvalue weighted by molar-refractivity contribution is -0.139. The molecule has 0 fully saturated rings. The highest BCUT2D eigenvalue weighted by Gasteiger charge is 2.08. The number of rotatable bonds is 10. The summed E-state index contributed by atoms with van der Waals surface area (Å²) in [5, 5.41) is 16.6. The lowest BCUT2D eigenvalue weighted by Crippen LogP contribution is -2.08. The number of hydrogen-bond donors (Lipinski definition) is 1. The molecule has 3 aromatic carbocycles. The first-order valence-corrected chi connectivity index (χ1v) is 11.3. The Morgan fingerprint density at radius 2 is 1.56 bits per heavy atom. The topological polar surface area (TPSA) is 102 Å². The van der Waals surface area contributed by atoms with E-state index in [0.29, 0.717) is 24.8 Å². The van der Waals surface area contributed by atoms with Crippen molar-refractivity contribution in [2.24, 2.45) is 5.16 Å². The zero-order chi connectivity index (χ0) is 26.5. The summed E-state index contributed by atoms with van der Waals surface area (Å²) >= 11 is 0. The minimum atomic E-state index is -1.01. The summed E-state index contributed by atoms with van der Waals surface area (Å²) in [4.78, 5) is 37.2. The molecule has 0 saturated carbocycles. The van der Waals surface area contributed by atoms with E-state index in [2.05, 4.69) is 43.1 Å². The summed E-state index contributed by atoms with van der Waals surface area (Å²) in [6.45, 7) is 12.2. The normalized spacial score (nSPS) is 10.4. The third-order valence-electron chi connectivity index (χ3n) is 5.18. The van der Waals surface area contributed by atoms with Gasteiger partial charge in [0.15, 0.2) is 0 Å². The maximum absolute atomic E-state index is 11.1. The average molecular weight is 488 g/mol. The number of oxime groups is 1. The van der Waals surface area contributed by atoms with E-state index >= 15 is 0 Å². The van der Waals surface area contributed by atoms with E-state index in [-0.39, 0.29) is 12.2 Å². The van der Waals surface area contributed by atoms with Crippen molar-refractivity contribution >= 4 is 45.7 Å². The van der Waals surface area contributed by atoms with E-state index in [0.717, 1.165) is 33.2 Å². The van der Waals surface area contributed by atoms with Crippen molar-refractivity contribution in [3.05, 3.63) is 97.1 Å². The van der Waals surface area contributed by atoms with E-state index in [1.165, 1.54) is 0 Å². The van der Waals surface area contributed by atoms with Crippen LogP contribution in [0.25, 0.3) is 21.5 Å². The summed E-state index contributed by atoms with van der Waals surface area (Å²) in [5.41, 5.74) is 1.48. The first-order valence-electron chi connectivity index (χ1n) is 11.3. The summed E-state index contributed by atoms with van der Waals surface area (Å²) in [6, 6.07) is 18.2. The van der Waals surface area contributed by atoms with E-state index in [1.54, 1.807) is 6.21 Å². The monoisotopic (exact) mass is 487 g/mol. The van der Waals surface area contributed by atoms with Crippen LogP contribution in [-0.2, 0) is 24.0 Å². The highest BCUT2D eigenvalue weighted by atomic mass is 16.7. The number of ether oxygens (including phenoxy) is 1. The van der Waals surface area contributed by atoms with Crippen LogP contribution in [-0.4, -0.2) is 35.8 Å². The number of carboxylic acid groups (broad SMARTS) is 1. The molecule has 1 N–H and O–H groups in total. The third-order valence-corrected chi connectivity index (χ3v) is 5.18. The zero-order valence-electron chi connectivity index (χ0n) is 20.2. The molecule has 0 aliphatic rings. The molecule has 3 rings (SSSR count). The summed E-state index contributed by atoms with van der Waals surface area (Å²) in [5.74, 6) is -2.01. The van der Waals surface area contributed by atoms with Crippen molar-refractivity contribution in [1.29, 1.82) is 0 Å². The number of carbonyl (C=O) groups excluding carboxylic acids is 2. The molecule has 0 heterocycles. The largest absolute Gasteiger partial charge is 0.478 e. The minimum Gasteiger partial charge on any atom is -0.478 e. The second kappa shape index (κ2) is 14.0. The van der Waals surface area contributed by atoms with Crippen LogP contribution in [0.2, 0.25) is 0 Å². The van der Waals surface area contributed by atoms with Crippen molar-refractivity contribution < 1.29 is 29.1 Å². The molecule has 36 heavy (non-hydrogen) atoms. The van der Waals surface area contributed by atoms with Crippen molar-refractivity contribution in [3.63, 3.8) is 0 Å². The Hall–Kier alpha value is -4.52. The first-order chi connectivity index (χ1) is 17.3. The van der Waals surface area contributed by atoms with Gasteiger partial charge in [0.25, 0.3) is 0 Å². The Kier molecular flexibility index (Phi) is 10.8. The number of carbonyl (C=O) groups is 3. The number of esters is 1. The second-order valence-corrected chi connectivity index (χ2v) is 7.69. The maximum Gasteiger partial charge on any atom is 0.357 e. The number of fused-ring (bicyclic) bond motifs is 2. The molecule has 0 radical (unpaired) electrons. The van der Waals surface area contributed by atoms with E-state index in [4.69, 9.17) is 14.7 Å². The zero-order valence-corrected chi connectivity index (χ0v) is 20.2. The molecule has 0 saturated heterocycles.